The topological polar surface area (TPSA) is 63.7 Å². The van der Waals surface area contributed by atoms with E-state index in [0.717, 1.165) is 41.5 Å². The smallest absolute Gasteiger partial charge is 0.338 e. The van der Waals surface area contributed by atoms with E-state index in [1.54, 1.807) is 24.3 Å². The molecule has 7 rings (SSSR count). The van der Waals surface area contributed by atoms with Gasteiger partial charge in [0.15, 0.2) is 0 Å². The number of rotatable bonds is 16. The van der Waals surface area contributed by atoms with Gasteiger partial charge in [-0.25, -0.2) is 9.69 Å². The highest BCUT2D eigenvalue weighted by molar-refractivity contribution is 9.09. The highest BCUT2D eigenvalue weighted by atomic mass is 79.9. The minimum absolute atomic E-state index is 0.202. The summed E-state index contributed by atoms with van der Waals surface area (Å²) in [6.07, 6.45) is 16.4. The zero-order valence-corrected chi connectivity index (χ0v) is 28.6. The number of amides is 2. The number of nitrogens with zero attached hydrogens (tertiary/aromatic N) is 1. The van der Waals surface area contributed by atoms with Crippen molar-refractivity contribution in [1.82, 2.24) is 0 Å². The van der Waals surface area contributed by atoms with Crippen LogP contribution in [0.1, 0.15) is 129 Å². The van der Waals surface area contributed by atoms with E-state index in [9.17, 15) is 14.4 Å². The van der Waals surface area contributed by atoms with Crippen LogP contribution >= 0.6 is 15.9 Å². The molecule has 2 atom stereocenters. The zero-order chi connectivity index (χ0) is 32.1. The summed E-state index contributed by atoms with van der Waals surface area (Å²) in [4.78, 5) is 42.7. The van der Waals surface area contributed by atoms with Crippen LogP contribution in [0, 0.1) is 11.8 Å². The Morgan fingerprint density at radius 1 is 0.717 bits per heavy atom. The second-order valence-electron chi connectivity index (χ2n) is 13.3. The summed E-state index contributed by atoms with van der Waals surface area (Å²) in [5.41, 5.74) is 5.05. The molecule has 0 unspecified atom stereocenters. The first-order chi connectivity index (χ1) is 22.5. The normalized spacial score (nSPS) is 22.5. The molecule has 0 aromatic heterocycles. The molecule has 6 heteroatoms. The highest BCUT2D eigenvalue weighted by Crippen LogP contribution is 2.66. The summed E-state index contributed by atoms with van der Waals surface area (Å²) in [6, 6.07) is 23.1. The molecule has 0 radical (unpaired) electrons. The molecule has 242 valence electrons. The molecule has 4 aliphatic rings. The fourth-order valence-corrected chi connectivity index (χ4v) is 9.28. The lowest BCUT2D eigenvalue weighted by atomic mass is 9.55. The van der Waals surface area contributed by atoms with Gasteiger partial charge in [0.05, 0.1) is 34.0 Å². The number of anilines is 1. The van der Waals surface area contributed by atoms with Gasteiger partial charge in [0.1, 0.15) is 0 Å². The van der Waals surface area contributed by atoms with Gasteiger partial charge in [0.2, 0.25) is 11.8 Å². The van der Waals surface area contributed by atoms with Crippen LogP contribution in [-0.4, -0.2) is 24.4 Å². The third kappa shape index (κ3) is 6.10. The molecule has 1 saturated heterocycles. The van der Waals surface area contributed by atoms with Crippen LogP contribution in [-0.2, 0) is 18.7 Å². The van der Waals surface area contributed by atoms with E-state index in [1.807, 2.05) is 24.3 Å². The number of unbranched alkanes of at least 4 members (excludes halogenated alkanes) is 12. The Morgan fingerprint density at radius 2 is 1.26 bits per heavy atom. The van der Waals surface area contributed by atoms with Crippen LogP contribution in [0.25, 0.3) is 0 Å². The number of halogens is 1. The molecule has 3 aromatic rings. The second kappa shape index (κ2) is 14.7. The number of hydrogen-bond donors (Lipinski definition) is 0. The molecule has 1 aliphatic heterocycles. The van der Waals surface area contributed by atoms with E-state index in [1.165, 1.54) is 69.1 Å². The van der Waals surface area contributed by atoms with E-state index in [-0.39, 0.29) is 17.7 Å². The molecule has 3 aliphatic carbocycles. The quantitative estimate of drug-likeness (QED) is 0.0652. The van der Waals surface area contributed by atoms with Gasteiger partial charge in [-0.1, -0.05) is 155 Å². The van der Waals surface area contributed by atoms with Gasteiger partial charge in [-0.2, -0.15) is 0 Å². The molecule has 1 heterocycles. The zero-order valence-electron chi connectivity index (χ0n) is 27.0. The first-order valence-electron chi connectivity index (χ1n) is 17.5. The lowest BCUT2D eigenvalue weighted by Crippen LogP contribution is -2.50. The largest absolute Gasteiger partial charge is 0.462 e. The Kier molecular flexibility index (Phi) is 10.4. The number of benzene rings is 3. The molecular weight excluding hydrogens is 638 g/mol. The summed E-state index contributed by atoms with van der Waals surface area (Å²) in [6.45, 7) is 2.63. The van der Waals surface area contributed by atoms with E-state index in [0.29, 0.717) is 17.9 Å². The van der Waals surface area contributed by atoms with Crippen molar-refractivity contribution in [2.75, 3.05) is 11.5 Å². The Labute approximate surface area is 282 Å². The van der Waals surface area contributed by atoms with Crippen LogP contribution in [0.4, 0.5) is 5.69 Å². The summed E-state index contributed by atoms with van der Waals surface area (Å²) in [5, 5.41) is 0. The average molecular weight is 685 g/mol. The maximum absolute atomic E-state index is 14.2. The van der Waals surface area contributed by atoms with Crippen molar-refractivity contribution < 1.29 is 19.1 Å². The lowest BCUT2D eigenvalue weighted by molar-refractivity contribution is -0.122. The first-order valence-corrected chi connectivity index (χ1v) is 18.3. The Morgan fingerprint density at radius 3 is 1.85 bits per heavy atom. The molecule has 5 nitrogen and oxygen atoms in total. The second-order valence-corrected chi connectivity index (χ2v) is 14.6. The van der Waals surface area contributed by atoms with Gasteiger partial charge in [0.25, 0.3) is 0 Å². The number of carbonyl (C=O) groups excluding carboxylic acids is 3. The van der Waals surface area contributed by atoms with Gasteiger partial charge in [-0.15, -0.1) is 0 Å². The van der Waals surface area contributed by atoms with Crippen LogP contribution < -0.4 is 4.90 Å². The van der Waals surface area contributed by atoms with Gasteiger partial charge in [0, 0.05) is 5.92 Å². The molecule has 0 N–H and O–H groups in total. The third-order valence-corrected chi connectivity index (χ3v) is 11.7. The molecule has 1 fully saturated rings. The van der Waals surface area contributed by atoms with E-state index in [2.05, 4.69) is 47.1 Å². The number of ether oxygens (including phenoxy) is 1. The van der Waals surface area contributed by atoms with Crippen molar-refractivity contribution in [1.29, 1.82) is 0 Å². The van der Waals surface area contributed by atoms with E-state index >= 15 is 0 Å². The highest BCUT2D eigenvalue weighted by Gasteiger charge is 2.67. The summed E-state index contributed by atoms with van der Waals surface area (Å²) >= 11 is 4.04. The predicted octanol–water partition coefficient (Wildman–Crippen LogP) is 9.84. The predicted molar refractivity (Wildman–Crippen MR) is 186 cm³/mol. The van der Waals surface area contributed by atoms with Crippen molar-refractivity contribution in [2.24, 2.45) is 11.8 Å². The van der Waals surface area contributed by atoms with Crippen molar-refractivity contribution in [2.45, 2.75) is 101 Å². The minimum atomic E-state index is -0.800. The molecule has 46 heavy (non-hydrogen) atoms. The SMILES string of the molecule is CCCCCCCCCCCCCCCOC(=O)c1cccc(N2C(=O)[C@@H]3C4c5ccccc5C(Br)(c5ccccc54)[C@H]3C2=O)c1. The number of alkyl halides is 1. The maximum Gasteiger partial charge on any atom is 0.338 e. The van der Waals surface area contributed by atoms with Crippen LogP contribution in [0.2, 0.25) is 0 Å². The third-order valence-electron chi connectivity index (χ3n) is 10.3. The molecular formula is C40H46BrNO4. The summed E-state index contributed by atoms with van der Waals surface area (Å²) in [5.74, 6) is -2.19. The van der Waals surface area contributed by atoms with Crippen molar-refractivity contribution >= 4 is 39.4 Å². The molecule has 2 amide bonds. The van der Waals surface area contributed by atoms with Crippen LogP contribution in [0.3, 0.4) is 0 Å². The molecule has 3 aromatic carbocycles. The number of esters is 1. The monoisotopic (exact) mass is 683 g/mol. The molecule has 0 spiro atoms. The van der Waals surface area contributed by atoms with Crippen molar-refractivity contribution in [3.63, 3.8) is 0 Å². The summed E-state index contributed by atoms with van der Waals surface area (Å²) < 4.78 is 4.80. The minimum Gasteiger partial charge on any atom is -0.462 e. The standard InChI is InChI=1S/C40H46BrNO4/c1-2-3-4-5-6-7-8-9-10-11-12-13-18-26-46-39(45)28-20-19-21-29(27-28)42-37(43)35-34-30-22-14-16-24-32(30)40(41,36(35)38(42)44)33-25-17-15-23-31(33)34/h14-17,19-25,27,34-36H,2-13,18,26H2,1H3/t34?,35-,36-,40?/m1/s1. The van der Waals surface area contributed by atoms with Gasteiger partial charge >= 0.3 is 5.97 Å². The van der Waals surface area contributed by atoms with Crippen molar-refractivity contribution in [3.05, 3.63) is 101 Å². The number of hydrogen-bond acceptors (Lipinski definition) is 4. The Balaban J connectivity index is 1.03. The fourth-order valence-electron chi connectivity index (χ4n) is 8.07. The van der Waals surface area contributed by atoms with Gasteiger partial charge in [-0.3, -0.25) is 9.59 Å². The Bertz CT molecular complexity index is 1520. The average Bonchev–Trinajstić information content (AvgIpc) is 3.35. The summed E-state index contributed by atoms with van der Waals surface area (Å²) in [7, 11) is 0. The Hall–Kier alpha value is -3.25. The number of carbonyl (C=O) groups is 3. The van der Waals surface area contributed by atoms with Crippen LogP contribution in [0.15, 0.2) is 72.8 Å². The van der Waals surface area contributed by atoms with E-state index in [4.69, 9.17) is 4.74 Å². The molecule has 0 saturated carbocycles. The maximum atomic E-state index is 14.2. The molecule has 2 bridgehead atoms. The van der Waals surface area contributed by atoms with Gasteiger partial charge < -0.3 is 4.74 Å². The van der Waals surface area contributed by atoms with Crippen molar-refractivity contribution in [3.8, 4) is 0 Å². The van der Waals surface area contributed by atoms with E-state index < -0.39 is 22.1 Å². The number of imide groups is 1. The lowest BCUT2D eigenvalue weighted by Gasteiger charge is -2.51. The van der Waals surface area contributed by atoms with Gasteiger partial charge in [-0.05, 0) is 46.9 Å². The van der Waals surface area contributed by atoms with Crippen LogP contribution in [0.5, 0.6) is 0 Å². The first kappa shape index (κ1) is 32.7. The fraction of sp³-hybridized carbons (Fsp3) is 0.475.